The van der Waals surface area contributed by atoms with Crippen molar-refractivity contribution in [1.82, 2.24) is 9.88 Å². The fraction of sp³-hybridized carbons (Fsp3) is 0.444. The molecule has 1 amide bonds. The molecular weight excluding hydrogens is 428 g/mol. The predicted molar refractivity (Wildman–Crippen MR) is 132 cm³/mol. The molecule has 178 valence electrons. The normalized spacial score (nSPS) is 16.5. The van der Waals surface area contributed by atoms with E-state index in [-0.39, 0.29) is 17.6 Å². The van der Waals surface area contributed by atoms with Crippen molar-refractivity contribution < 1.29 is 9.21 Å². The number of carbonyl (C=O) groups is 1. The highest BCUT2D eigenvalue weighted by molar-refractivity contribution is 5.81. The third-order valence-corrected chi connectivity index (χ3v) is 7.05. The lowest BCUT2D eigenvalue weighted by molar-refractivity contribution is -0.126. The van der Waals surface area contributed by atoms with E-state index in [0.29, 0.717) is 24.5 Å². The van der Waals surface area contributed by atoms with Gasteiger partial charge in [-0.15, -0.1) is 0 Å². The lowest BCUT2D eigenvalue weighted by Gasteiger charge is -2.25. The molecule has 3 N–H and O–H groups in total. The molecule has 7 heteroatoms. The Morgan fingerprint density at radius 3 is 2.47 bits per heavy atom. The second-order valence-corrected chi connectivity index (χ2v) is 9.29. The van der Waals surface area contributed by atoms with E-state index >= 15 is 0 Å². The molecule has 2 atom stereocenters. The average Bonchev–Trinajstić information content (AvgIpc) is 3.01. The number of nitrogens with zero attached hydrogens (tertiary/aromatic N) is 2. The highest BCUT2D eigenvalue weighted by Gasteiger charge is 2.29. The Morgan fingerprint density at radius 2 is 1.82 bits per heavy atom. The second kappa shape index (κ2) is 10.7. The summed E-state index contributed by atoms with van der Waals surface area (Å²) in [5.74, 6) is -0.414. The van der Waals surface area contributed by atoms with Crippen molar-refractivity contribution in [1.29, 1.82) is 5.26 Å². The van der Waals surface area contributed by atoms with Crippen LogP contribution in [0.5, 0.6) is 0 Å². The van der Waals surface area contributed by atoms with Crippen LogP contribution in [-0.4, -0.2) is 23.1 Å². The molecular formula is C27H32N4O3. The van der Waals surface area contributed by atoms with Crippen molar-refractivity contribution in [3.05, 3.63) is 58.6 Å². The molecule has 1 heterocycles. The summed E-state index contributed by atoms with van der Waals surface area (Å²) < 4.78 is 6.68. The number of hydrogen-bond acceptors (Lipinski definition) is 5. The summed E-state index contributed by atoms with van der Waals surface area (Å²) in [7, 11) is 1.68. The minimum absolute atomic E-state index is 0.100. The molecule has 0 spiro atoms. The Balaban J connectivity index is 1.42. The molecule has 1 saturated carbocycles. The van der Waals surface area contributed by atoms with E-state index in [1.807, 2.05) is 36.4 Å². The zero-order valence-corrected chi connectivity index (χ0v) is 19.6. The number of benzene rings is 2. The zero-order chi connectivity index (χ0) is 24.1. The van der Waals surface area contributed by atoms with Crippen molar-refractivity contribution in [3.63, 3.8) is 0 Å². The molecule has 1 fully saturated rings. The fourth-order valence-corrected chi connectivity index (χ4v) is 5.01. The first-order valence-corrected chi connectivity index (χ1v) is 12.1. The van der Waals surface area contributed by atoms with E-state index in [4.69, 9.17) is 10.2 Å². The lowest BCUT2D eigenvalue weighted by atomic mass is 9.85. The van der Waals surface area contributed by atoms with Crippen LogP contribution >= 0.6 is 0 Å². The Labute approximate surface area is 199 Å². The molecule has 1 aliphatic rings. The maximum Gasteiger partial charge on any atom is 0.419 e. The van der Waals surface area contributed by atoms with E-state index in [1.54, 1.807) is 13.1 Å². The minimum Gasteiger partial charge on any atom is -0.408 e. The number of nitrogens with one attached hydrogen (secondary N) is 1. The second-order valence-electron chi connectivity index (χ2n) is 9.29. The highest BCUT2D eigenvalue weighted by atomic mass is 16.4. The number of hydrogen-bond donors (Lipinski definition) is 2. The summed E-state index contributed by atoms with van der Waals surface area (Å²) in [5.41, 5.74) is 10.2. The summed E-state index contributed by atoms with van der Waals surface area (Å²) >= 11 is 0. The Bertz CT molecular complexity index is 1230. The summed E-state index contributed by atoms with van der Waals surface area (Å²) in [5, 5.41) is 12.6. The van der Waals surface area contributed by atoms with Crippen LogP contribution in [0.4, 0.5) is 0 Å². The third kappa shape index (κ3) is 5.23. The van der Waals surface area contributed by atoms with Gasteiger partial charge in [0.2, 0.25) is 5.91 Å². The standard InChI is InChI=1S/C27H32N4O3/c1-31-24-15-21(12-13-25(24)34-27(31)33)19-10-8-18(9-11-19)14-22(16-28)30-26(32)23(17-29)20-6-4-2-3-5-7-20/h8-13,15,20,22-23H,2-7,14,17,29H2,1H3,(H,30,32)/t22-,23?/m0/s1. The molecule has 1 unspecified atom stereocenters. The summed E-state index contributed by atoms with van der Waals surface area (Å²) in [6.45, 7) is 0.315. The molecule has 0 aliphatic heterocycles. The van der Waals surface area contributed by atoms with Crippen molar-refractivity contribution in [3.8, 4) is 17.2 Å². The monoisotopic (exact) mass is 460 g/mol. The van der Waals surface area contributed by atoms with Gasteiger partial charge in [-0.1, -0.05) is 56.0 Å². The molecule has 7 nitrogen and oxygen atoms in total. The van der Waals surface area contributed by atoms with Crippen LogP contribution in [0.1, 0.15) is 44.1 Å². The molecule has 1 aliphatic carbocycles. The highest BCUT2D eigenvalue weighted by Crippen LogP contribution is 2.29. The third-order valence-electron chi connectivity index (χ3n) is 7.05. The number of carbonyl (C=O) groups excluding carboxylic acids is 1. The maximum atomic E-state index is 12.9. The smallest absolute Gasteiger partial charge is 0.408 e. The molecule has 3 aromatic rings. The van der Waals surface area contributed by atoms with E-state index in [9.17, 15) is 14.9 Å². The quantitative estimate of drug-likeness (QED) is 0.519. The number of oxazole rings is 1. The van der Waals surface area contributed by atoms with Gasteiger partial charge in [0.15, 0.2) is 5.58 Å². The van der Waals surface area contributed by atoms with E-state index < -0.39 is 6.04 Å². The van der Waals surface area contributed by atoms with Crippen LogP contribution in [0.2, 0.25) is 0 Å². The predicted octanol–water partition coefficient (Wildman–Crippen LogP) is 3.89. The number of fused-ring (bicyclic) bond motifs is 1. The van der Waals surface area contributed by atoms with Gasteiger partial charge in [0, 0.05) is 20.0 Å². The molecule has 0 saturated heterocycles. The number of amides is 1. The van der Waals surface area contributed by atoms with Gasteiger partial charge in [-0.2, -0.15) is 5.26 Å². The van der Waals surface area contributed by atoms with Crippen LogP contribution in [0, 0.1) is 23.2 Å². The SMILES string of the molecule is Cn1c(=O)oc2ccc(-c3ccc(C[C@@H](C#N)NC(=O)C(CN)C4CCCCCC4)cc3)cc21. The molecule has 34 heavy (non-hydrogen) atoms. The van der Waals surface area contributed by atoms with E-state index in [2.05, 4.69) is 11.4 Å². The topological polar surface area (TPSA) is 114 Å². The molecule has 0 bridgehead atoms. The van der Waals surface area contributed by atoms with Crippen LogP contribution in [0.25, 0.3) is 22.2 Å². The molecule has 0 radical (unpaired) electrons. The first-order valence-electron chi connectivity index (χ1n) is 12.1. The summed E-state index contributed by atoms with van der Waals surface area (Å²) in [6.07, 6.45) is 7.23. The Morgan fingerprint density at radius 1 is 1.15 bits per heavy atom. The van der Waals surface area contributed by atoms with Crippen LogP contribution in [-0.2, 0) is 18.3 Å². The Hall–Kier alpha value is -3.37. The van der Waals surface area contributed by atoms with E-state index in [1.165, 1.54) is 17.4 Å². The van der Waals surface area contributed by atoms with Gasteiger partial charge in [0.05, 0.1) is 17.5 Å². The van der Waals surface area contributed by atoms with Crippen LogP contribution in [0.3, 0.4) is 0 Å². The summed E-state index contributed by atoms with van der Waals surface area (Å²) in [4.78, 5) is 24.7. The van der Waals surface area contributed by atoms with E-state index in [0.717, 1.165) is 47.9 Å². The van der Waals surface area contributed by atoms with Gasteiger partial charge in [0.1, 0.15) is 6.04 Å². The van der Waals surface area contributed by atoms with Gasteiger partial charge >= 0.3 is 5.76 Å². The number of rotatable bonds is 7. The first-order chi connectivity index (χ1) is 16.5. The van der Waals surface area contributed by atoms with Gasteiger partial charge in [-0.05, 0) is 47.6 Å². The lowest BCUT2D eigenvalue weighted by Crippen LogP contribution is -2.44. The largest absolute Gasteiger partial charge is 0.419 e. The average molecular weight is 461 g/mol. The fourth-order valence-electron chi connectivity index (χ4n) is 5.01. The number of nitrogens with two attached hydrogens (primary N) is 1. The van der Waals surface area contributed by atoms with Crippen LogP contribution < -0.4 is 16.8 Å². The van der Waals surface area contributed by atoms with Gasteiger partial charge in [-0.25, -0.2) is 4.79 Å². The maximum absolute atomic E-state index is 12.9. The van der Waals surface area contributed by atoms with Gasteiger partial charge < -0.3 is 15.5 Å². The van der Waals surface area contributed by atoms with Crippen molar-refractivity contribution in [2.75, 3.05) is 6.54 Å². The molecule has 2 aromatic carbocycles. The van der Waals surface area contributed by atoms with Gasteiger partial charge in [0.25, 0.3) is 0 Å². The molecule has 4 rings (SSSR count). The number of aromatic nitrogens is 1. The summed E-state index contributed by atoms with van der Waals surface area (Å²) in [6, 6.07) is 15.2. The number of nitriles is 1. The first kappa shape index (κ1) is 23.8. The van der Waals surface area contributed by atoms with Gasteiger partial charge in [-0.3, -0.25) is 9.36 Å². The minimum atomic E-state index is -0.602. The van der Waals surface area contributed by atoms with Crippen molar-refractivity contribution in [2.24, 2.45) is 24.6 Å². The van der Waals surface area contributed by atoms with Crippen LogP contribution in [0.15, 0.2) is 51.7 Å². The molecule has 1 aromatic heterocycles. The zero-order valence-electron chi connectivity index (χ0n) is 19.6. The number of aryl methyl sites for hydroxylation is 1. The van der Waals surface area contributed by atoms with Crippen molar-refractivity contribution in [2.45, 2.75) is 51.0 Å². The van der Waals surface area contributed by atoms with Crippen molar-refractivity contribution >= 4 is 17.0 Å². The Kier molecular flexibility index (Phi) is 7.49.